The number of aromatic carboxylic acids is 1. The maximum atomic E-state index is 11.5. The van der Waals surface area contributed by atoms with Gasteiger partial charge in [0.25, 0.3) is 0 Å². The van der Waals surface area contributed by atoms with Crippen molar-refractivity contribution >= 4 is 5.97 Å². The lowest BCUT2D eigenvalue weighted by Gasteiger charge is -2.63. The second kappa shape index (κ2) is 4.84. The van der Waals surface area contributed by atoms with E-state index >= 15 is 0 Å². The summed E-state index contributed by atoms with van der Waals surface area (Å²) in [4.78, 5) is 11.0. The zero-order valence-corrected chi connectivity index (χ0v) is 12.8. The highest BCUT2D eigenvalue weighted by Gasteiger charge is 2.66. The summed E-state index contributed by atoms with van der Waals surface area (Å²) in [6.45, 7) is 4.41. The normalized spacial score (nSPS) is 35.1. The Morgan fingerprint density at radius 3 is 2.48 bits per heavy atom. The molecule has 3 nitrogen and oxygen atoms in total. The highest BCUT2D eigenvalue weighted by Crippen LogP contribution is 2.68. The Bertz CT molecular complexity index is 544. The first-order valence-corrected chi connectivity index (χ1v) is 7.98. The molecule has 21 heavy (non-hydrogen) atoms. The zero-order valence-electron chi connectivity index (χ0n) is 12.8. The Morgan fingerprint density at radius 1 is 1.24 bits per heavy atom. The van der Waals surface area contributed by atoms with Crippen LogP contribution in [0.4, 0.5) is 0 Å². The average Bonchev–Trinajstić information content (AvgIpc) is 2.78. The van der Waals surface area contributed by atoms with Gasteiger partial charge in [-0.05, 0) is 48.8 Å². The number of benzene rings is 1. The van der Waals surface area contributed by atoms with Crippen LogP contribution in [0, 0.1) is 17.3 Å². The smallest absolute Gasteiger partial charge is 0.335 e. The third kappa shape index (κ3) is 1.87. The lowest BCUT2D eigenvalue weighted by atomic mass is 9.44. The van der Waals surface area contributed by atoms with E-state index in [1.807, 2.05) is 12.1 Å². The lowest BCUT2D eigenvalue weighted by molar-refractivity contribution is -0.244. The van der Waals surface area contributed by atoms with Crippen molar-refractivity contribution in [1.29, 1.82) is 0 Å². The van der Waals surface area contributed by atoms with Crippen molar-refractivity contribution in [3.05, 3.63) is 35.4 Å². The van der Waals surface area contributed by atoms with Crippen molar-refractivity contribution in [3.63, 3.8) is 0 Å². The Labute approximate surface area is 126 Å². The molecule has 0 unspecified atom stereocenters. The zero-order chi connectivity index (χ0) is 15.3. The van der Waals surface area contributed by atoms with Gasteiger partial charge in [-0.15, -0.1) is 0 Å². The Balaban J connectivity index is 2.03. The number of hydrogen-bond acceptors (Lipinski definition) is 2. The van der Waals surface area contributed by atoms with Gasteiger partial charge in [-0.3, -0.25) is 0 Å². The summed E-state index contributed by atoms with van der Waals surface area (Å²) in [5.41, 5.74) is 0.357. The molecule has 2 saturated carbocycles. The summed E-state index contributed by atoms with van der Waals surface area (Å²) in [7, 11) is 0. The second-order valence-electron chi connectivity index (χ2n) is 7.11. The van der Waals surface area contributed by atoms with E-state index in [4.69, 9.17) is 5.11 Å². The molecule has 0 radical (unpaired) electrons. The van der Waals surface area contributed by atoms with E-state index in [1.54, 1.807) is 12.1 Å². The van der Waals surface area contributed by atoms with Gasteiger partial charge in [0, 0.05) is 5.41 Å². The number of fused-ring (bicyclic) bond motifs is 2. The van der Waals surface area contributed by atoms with E-state index in [0.29, 0.717) is 11.8 Å². The summed E-state index contributed by atoms with van der Waals surface area (Å²) >= 11 is 0. The predicted octanol–water partition coefficient (Wildman–Crippen LogP) is 3.81. The Kier molecular flexibility index (Phi) is 3.36. The van der Waals surface area contributed by atoms with Crippen LogP contribution in [0.15, 0.2) is 24.3 Å². The minimum atomic E-state index is -0.918. The predicted molar refractivity (Wildman–Crippen MR) is 81.1 cm³/mol. The number of aliphatic hydroxyl groups is 1. The van der Waals surface area contributed by atoms with E-state index in [2.05, 4.69) is 13.8 Å². The Morgan fingerprint density at radius 2 is 1.90 bits per heavy atom. The van der Waals surface area contributed by atoms with Crippen molar-refractivity contribution in [2.24, 2.45) is 17.3 Å². The van der Waals surface area contributed by atoms with Crippen LogP contribution in [0.1, 0.15) is 61.9 Å². The molecular formula is C18H24O3. The SMILES string of the molecule is CC(C)[C@@]12CCCC[C@H](C1)[C@]2(O)c1ccc(C(=O)O)cc1. The molecule has 0 aromatic heterocycles. The molecule has 0 aliphatic heterocycles. The van der Waals surface area contributed by atoms with Crippen LogP contribution in [0.25, 0.3) is 0 Å². The van der Waals surface area contributed by atoms with Crippen LogP contribution in [0.5, 0.6) is 0 Å². The first-order chi connectivity index (χ1) is 9.92. The number of carboxylic acid groups (broad SMARTS) is 1. The van der Waals surface area contributed by atoms with Gasteiger partial charge in [0.2, 0.25) is 0 Å². The molecule has 1 aromatic carbocycles. The van der Waals surface area contributed by atoms with Gasteiger partial charge in [0.05, 0.1) is 11.2 Å². The molecule has 1 aromatic rings. The van der Waals surface area contributed by atoms with Gasteiger partial charge < -0.3 is 10.2 Å². The molecule has 2 aliphatic rings. The van der Waals surface area contributed by atoms with Crippen molar-refractivity contribution in [2.75, 3.05) is 0 Å². The van der Waals surface area contributed by atoms with Crippen molar-refractivity contribution in [1.82, 2.24) is 0 Å². The topological polar surface area (TPSA) is 57.5 Å². The fraction of sp³-hybridized carbons (Fsp3) is 0.611. The molecule has 0 saturated heterocycles. The van der Waals surface area contributed by atoms with E-state index in [9.17, 15) is 9.90 Å². The van der Waals surface area contributed by atoms with Gasteiger partial charge in [0.1, 0.15) is 0 Å². The second-order valence-corrected chi connectivity index (χ2v) is 7.11. The number of carboxylic acids is 1. The van der Waals surface area contributed by atoms with Crippen LogP contribution in [0.3, 0.4) is 0 Å². The van der Waals surface area contributed by atoms with E-state index in [-0.39, 0.29) is 11.0 Å². The standard InChI is InChI=1S/C18H24O3/c1-12(2)17-10-4-3-5-15(11-17)18(17,21)14-8-6-13(7-9-14)16(19)20/h6-9,12,15,21H,3-5,10-11H2,1-2H3,(H,19,20)/t15-,17-,18-/m1/s1. The number of carbonyl (C=O) groups is 1. The Hall–Kier alpha value is -1.35. The summed E-state index contributed by atoms with van der Waals surface area (Å²) in [6.07, 6.45) is 5.62. The van der Waals surface area contributed by atoms with Crippen molar-refractivity contribution in [3.8, 4) is 0 Å². The molecule has 3 heteroatoms. The van der Waals surface area contributed by atoms with Gasteiger partial charge in [0.15, 0.2) is 0 Å². The molecule has 2 bridgehead atoms. The minimum Gasteiger partial charge on any atom is -0.478 e. The minimum absolute atomic E-state index is 0.0428. The molecule has 0 heterocycles. The molecule has 3 atom stereocenters. The van der Waals surface area contributed by atoms with Gasteiger partial charge in [-0.2, -0.15) is 0 Å². The maximum Gasteiger partial charge on any atom is 0.335 e. The van der Waals surface area contributed by atoms with Crippen LogP contribution in [-0.4, -0.2) is 16.2 Å². The lowest BCUT2D eigenvalue weighted by Crippen LogP contribution is -2.63. The van der Waals surface area contributed by atoms with E-state index in [1.165, 1.54) is 12.8 Å². The third-order valence-electron chi connectivity index (χ3n) is 6.06. The first kappa shape index (κ1) is 14.6. The van der Waals surface area contributed by atoms with Crippen LogP contribution in [-0.2, 0) is 5.60 Å². The number of rotatable bonds is 3. The fourth-order valence-electron chi connectivity index (χ4n) is 4.81. The van der Waals surface area contributed by atoms with E-state index in [0.717, 1.165) is 24.8 Å². The molecule has 2 fully saturated rings. The van der Waals surface area contributed by atoms with Gasteiger partial charge >= 0.3 is 5.97 Å². The van der Waals surface area contributed by atoms with Crippen LogP contribution < -0.4 is 0 Å². The molecule has 2 N–H and O–H groups in total. The molecule has 114 valence electrons. The molecule has 0 amide bonds. The first-order valence-electron chi connectivity index (χ1n) is 7.98. The summed E-state index contributed by atoms with van der Waals surface area (Å²) in [6, 6.07) is 6.87. The number of hydrogen-bond donors (Lipinski definition) is 2. The van der Waals surface area contributed by atoms with Crippen molar-refractivity contribution in [2.45, 2.75) is 51.6 Å². The summed E-state index contributed by atoms with van der Waals surface area (Å²) in [5, 5.41) is 20.6. The highest BCUT2D eigenvalue weighted by molar-refractivity contribution is 5.87. The summed E-state index contributed by atoms with van der Waals surface area (Å²) in [5.74, 6) is -0.174. The average molecular weight is 288 g/mol. The molecule has 3 rings (SSSR count). The largest absolute Gasteiger partial charge is 0.478 e. The quantitative estimate of drug-likeness (QED) is 0.889. The fourth-order valence-corrected chi connectivity index (χ4v) is 4.81. The molecule has 0 spiro atoms. The van der Waals surface area contributed by atoms with Crippen LogP contribution in [0.2, 0.25) is 0 Å². The summed E-state index contributed by atoms with van der Waals surface area (Å²) < 4.78 is 0. The molecular weight excluding hydrogens is 264 g/mol. The maximum absolute atomic E-state index is 11.5. The monoisotopic (exact) mass is 288 g/mol. The highest BCUT2D eigenvalue weighted by atomic mass is 16.4. The molecule has 2 aliphatic carbocycles. The van der Waals surface area contributed by atoms with Crippen LogP contribution >= 0.6 is 0 Å². The van der Waals surface area contributed by atoms with E-state index < -0.39 is 11.6 Å². The van der Waals surface area contributed by atoms with Gasteiger partial charge in [-0.1, -0.05) is 38.8 Å². The van der Waals surface area contributed by atoms with Crippen molar-refractivity contribution < 1.29 is 15.0 Å². The third-order valence-corrected chi connectivity index (χ3v) is 6.06. The van der Waals surface area contributed by atoms with Gasteiger partial charge in [-0.25, -0.2) is 4.79 Å².